The van der Waals surface area contributed by atoms with Crippen LogP contribution in [0.25, 0.3) is 28.3 Å². The molecule has 3 aromatic heterocycles. The third-order valence-electron chi connectivity index (χ3n) is 5.96. The average molecular weight is 502 g/mol. The van der Waals surface area contributed by atoms with Crippen molar-refractivity contribution in [2.45, 2.75) is 25.7 Å². The predicted molar refractivity (Wildman–Crippen MR) is 134 cm³/mol. The van der Waals surface area contributed by atoms with Crippen LogP contribution in [-0.2, 0) is 12.7 Å². The number of nitrogens with zero attached hydrogens (tertiary/aromatic N) is 5. The van der Waals surface area contributed by atoms with E-state index in [1.165, 1.54) is 6.07 Å². The van der Waals surface area contributed by atoms with Crippen molar-refractivity contribution in [1.29, 1.82) is 5.53 Å². The summed E-state index contributed by atoms with van der Waals surface area (Å²) in [5.74, 6) is 0.378. The number of hydrogen-bond donors (Lipinski definition) is 2. The van der Waals surface area contributed by atoms with Crippen molar-refractivity contribution in [2.75, 3.05) is 5.32 Å². The molecular formula is C27H22F3N7. The fraction of sp³-hybridized carbons (Fsp3) is 0.148. The summed E-state index contributed by atoms with van der Waals surface area (Å²) in [4.78, 5) is 13.7. The normalized spacial score (nSPS) is 12.4. The second-order valence-corrected chi connectivity index (χ2v) is 8.51. The molecule has 0 saturated heterocycles. The number of pyridine rings is 1. The van der Waals surface area contributed by atoms with Crippen LogP contribution in [0.2, 0.25) is 0 Å². The Morgan fingerprint density at radius 3 is 2.57 bits per heavy atom. The van der Waals surface area contributed by atoms with Gasteiger partial charge in [-0.1, -0.05) is 42.5 Å². The molecule has 37 heavy (non-hydrogen) atoms. The number of fused-ring (bicyclic) bond motifs is 1. The Balaban J connectivity index is 1.63. The Labute approximate surface area is 210 Å². The third kappa shape index (κ3) is 5.04. The van der Waals surface area contributed by atoms with Gasteiger partial charge in [-0.25, -0.2) is 20.5 Å². The van der Waals surface area contributed by atoms with Crippen molar-refractivity contribution >= 4 is 11.6 Å². The maximum Gasteiger partial charge on any atom is 0.416 e. The number of anilines is 1. The van der Waals surface area contributed by atoms with Crippen LogP contribution in [0.5, 0.6) is 0 Å². The summed E-state index contributed by atoms with van der Waals surface area (Å²) in [5, 5.41) is 6.71. The van der Waals surface area contributed by atoms with E-state index in [2.05, 4.69) is 20.4 Å². The van der Waals surface area contributed by atoms with Gasteiger partial charge in [0.05, 0.1) is 35.2 Å². The molecule has 0 aliphatic carbocycles. The first-order valence-corrected chi connectivity index (χ1v) is 11.5. The summed E-state index contributed by atoms with van der Waals surface area (Å²) in [6.07, 6.45) is -1.13. The van der Waals surface area contributed by atoms with E-state index in [1.54, 1.807) is 41.1 Å². The number of halogens is 3. The summed E-state index contributed by atoms with van der Waals surface area (Å²) in [7, 11) is 0. The Morgan fingerprint density at radius 1 is 1.00 bits per heavy atom. The molecule has 0 aliphatic heterocycles. The number of aromatic nitrogens is 4. The van der Waals surface area contributed by atoms with Crippen molar-refractivity contribution in [3.05, 3.63) is 102 Å². The number of imidazole rings is 1. The molecule has 3 heterocycles. The monoisotopic (exact) mass is 501 g/mol. The van der Waals surface area contributed by atoms with Gasteiger partial charge in [-0.05, 0) is 48.4 Å². The first-order chi connectivity index (χ1) is 17.8. The van der Waals surface area contributed by atoms with Gasteiger partial charge in [0, 0.05) is 18.0 Å². The maximum absolute atomic E-state index is 13.5. The lowest BCUT2D eigenvalue weighted by molar-refractivity contribution is -0.137. The minimum absolute atomic E-state index is 0.0715. The molecule has 5 aromatic rings. The largest absolute Gasteiger partial charge is 0.416 e. The van der Waals surface area contributed by atoms with E-state index in [4.69, 9.17) is 10.5 Å². The lowest BCUT2D eigenvalue weighted by atomic mass is 10.0. The highest BCUT2D eigenvalue weighted by Gasteiger charge is 2.31. The van der Waals surface area contributed by atoms with Gasteiger partial charge < -0.3 is 5.32 Å². The standard InChI is InChI=1S/C27H22F3N7/c1-17(19-6-3-2-4-7-19)34-26-32-12-10-22(35-26)25-24(20-8-5-9-21(15-20)27(28,29)30)36-23-14-18(16-33-31)11-13-37(23)25/h2-15,17,31H,16H2,1H3,(H,32,34,35)/t17-/m0/s1. The Kier molecular flexibility index (Phi) is 6.39. The molecule has 0 spiro atoms. The van der Waals surface area contributed by atoms with Crippen LogP contribution in [0.3, 0.4) is 0 Å². The maximum atomic E-state index is 13.5. The summed E-state index contributed by atoms with van der Waals surface area (Å²) in [5.41, 5.74) is 10.4. The quantitative estimate of drug-likeness (QED) is 0.231. The van der Waals surface area contributed by atoms with Crippen LogP contribution >= 0.6 is 0 Å². The minimum Gasteiger partial charge on any atom is -0.348 e. The van der Waals surface area contributed by atoms with E-state index in [9.17, 15) is 13.2 Å². The molecule has 7 nitrogen and oxygen atoms in total. The first kappa shape index (κ1) is 24.1. The molecule has 1 atom stereocenters. The number of benzene rings is 2. The van der Waals surface area contributed by atoms with Gasteiger partial charge >= 0.3 is 6.18 Å². The lowest BCUT2D eigenvalue weighted by Crippen LogP contribution is -2.09. The smallest absolute Gasteiger partial charge is 0.348 e. The highest BCUT2D eigenvalue weighted by molar-refractivity contribution is 5.81. The molecule has 0 radical (unpaired) electrons. The van der Waals surface area contributed by atoms with Crippen LogP contribution in [0.1, 0.15) is 29.7 Å². The second kappa shape index (κ2) is 9.81. The lowest BCUT2D eigenvalue weighted by Gasteiger charge is -2.15. The van der Waals surface area contributed by atoms with Crippen molar-refractivity contribution in [1.82, 2.24) is 19.4 Å². The number of alkyl halides is 3. The molecule has 0 fully saturated rings. The van der Waals surface area contributed by atoms with Crippen molar-refractivity contribution in [2.24, 2.45) is 5.11 Å². The molecule has 10 heteroatoms. The Morgan fingerprint density at radius 2 is 1.81 bits per heavy atom. The topological polar surface area (TPSA) is 91.3 Å². The van der Waals surface area contributed by atoms with Gasteiger partial charge in [0.25, 0.3) is 0 Å². The zero-order valence-corrected chi connectivity index (χ0v) is 19.7. The second-order valence-electron chi connectivity index (χ2n) is 8.51. The van der Waals surface area contributed by atoms with Crippen LogP contribution < -0.4 is 5.32 Å². The van der Waals surface area contributed by atoms with E-state index in [-0.39, 0.29) is 12.6 Å². The van der Waals surface area contributed by atoms with Gasteiger partial charge in [-0.15, -0.1) is 0 Å². The molecule has 0 bridgehead atoms. The van der Waals surface area contributed by atoms with Crippen LogP contribution in [-0.4, -0.2) is 19.4 Å². The molecular weight excluding hydrogens is 479 g/mol. The van der Waals surface area contributed by atoms with Gasteiger partial charge in [-0.2, -0.15) is 18.3 Å². The number of hydrogen-bond acceptors (Lipinski definition) is 6. The Hall–Kier alpha value is -4.60. The molecule has 2 aromatic carbocycles. The third-order valence-corrected chi connectivity index (χ3v) is 5.96. The van der Waals surface area contributed by atoms with E-state index < -0.39 is 11.7 Å². The fourth-order valence-electron chi connectivity index (χ4n) is 4.14. The number of rotatable bonds is 7. The highest BCUT2D eigenvalue weighted by atomic mass is 19.4. The van der Waals surface area contributed by atoms with E-state index in [1.807, 2.05) is 37.3 Å². The van der Waals surface area contributed by atoms with Gasteiger partial charge in [0.2, 0.25) is 5.95 Å². The Bertz CT molecular complexity index is 1560. The van der Waals surface area contributed by atoms with Crippen molar-refractivity contribution in [3.8, 4) is 22.6 Å². The highest BCUT2D eigenvalue weighted by Crippen LogP contribution is 2.36. The summed E-state index contributed by atoms with van der Waals surface area (Å²) < 4.78 is 42.2. The summed E-state index contributed by atoms with van der Waals surface area (Å²) >= 11 is 0. The zero-order chi connectivity index (χ0) is 26.0. The van der Waals surface area contributed by atoms with Crippen LogP contribution in [0, 0.1) is 5.53 Å². The number of nitrogens with one attached hydrogen (secondary N) is 2. The van der Waals surface area contributed by atoms with Crippen LogP contribution in [0.15, 0.2) is 90.3 Å². The first-order valence-electron chi connectivity index (χ1n) is 11.5. The average Bonchev–Trinajstić information content (AvgIpc) is 3.28. The summed E-state index contributed by atoms with van der Waals surface area (Å²) in [6, 6.07) is 20.1. The zero-order valence-electron chi connectivity index (χ0n) is 19.7. The van der Waals surface area contributed by atoms with Gasteiger partial charge in [-0.3, -0.25) is 4.40 Å². The molecule has 2 N–H and O–H groups in total. The van der Waals surface area contributed by atoms with E-state index in [0.717, 1.165) is 23.3 Å². The predicted octanol–water partition coefficient (Wildman–Crippen LogP) is 7.18. The summed E-state index contributed by atoms with van der Waals surface area (Å²) in [6.45, 7) is 2.17. The molecule has 5 rings (SSSR count). The molecule has 0 amide bonds. The fourth-order valence-corrected chi connectivity index (χ4v) is 4.14. The van der Waals surface area contributed by atoms with E-state index >= 15 is 0 Å². The van der Waals surface area contributed by atoms with E-state index in [0.29, 0.717) is 34.2 Å². The molecule has 186 valence electrons. The molecule has 0 aliphatic rings. The molecule has 0 unspecified atom stereocenters. The SMILES string of the molecule is C[C@H](Nc1nccc(-c2c(-c3cccc(C(F)(F)F)c3)nc3cc(CN=N)ccn23)n1)c1ccccc1. The van der Waals surface area contributed by atoms with Crippen LogP contribution in [0.4, 0.5) is 19.1 Å². The minimum atomic E-state index is -4.49. The van der Waals surface area contributed by atoms with Crippen molar-refractivity contribution < 1.29 is 13.2 Å². The van der Waals surface area contributed by atoms with Gasteiger partial charge in [0.1, 0.15) is 5.65 Å². The van der Waals surface area contributed by atoms with Crippen molar-refractivity contribution in [3.63, 3.8) is 0 Å². The van der Waals surface area contributed by atoms with Gasteiger partial charge in [0.15, 0.2) is 0 Å². The molecule has 0 saturated carbocycles.